The van der Waals surface area contributed by atoms with E-state index in [0.29, 0.717) is 0 Å². The molecule has 1 aliphatic rings. The van der Waals surface area contributed by atoms with Gasteiger partial charge in [-0.15, -0.1) is 0 Å². The molecule has 0 bridgehead atoms. The summed E-state index contributed by atoms with van der Waals surface area (Å²) < 4.78 is 0. The standard InChI is InChI=1S/C12H17N3O3/c16-7-8-2-1-3-9(6-8)13-12(18)10-4-5-11(17)15-14-10/h4-5,8-9,16H,1-3,6-7H2,(H,13,18)(H,15,17). The third kappa shape index (κ3) is 3.16. The van der Waals surface area contributed by atoms with Gasteiger partial charge in [0.25, 0.3) is 11.5 Å². The lowest BCUT2D eigenvalue weighted by Gasteiger charge is -2.28. The Kier molecular flexibility index (Phi) is 4.09. The molecule has 1 saturated carbocycles. The van der Waals surface area contributed by atoms with Crippen LogP contribution in [-0.2, 0) is 0 Å². The molecule has 0 saturated heterocycles. The van der Waals surface area contributed by atoms with Crippen molar-refractivity contribution in [3.05, 3.63) is 28.2 Å². The lowest BCUT2D eigenvalue weighted by molar-refractivity contribution is 0.0899. The topological polar surface area (TPSA) is 95.1 Å². The predicted octanol–water partition coefficient (Wildman–Crippen LogP) is 0.0508. The Balaban J connectivity index is 1.94. The second kappa shape index (κ2) is 5.77. The maximum Gasteiger partial charge on any atom is 0.271 e. The van der Waals surface area contributed by atoms with Crippen molar-refractivity contribution in [3.8, 4) is 0 Å². The molecule has 6 nitrogen and oxygen atoms in total. The van der Waals surface area contributed by atoms with Crippen LogP contribution < -0.4 is 10.9 Å². The van der Waals surface area contributed by atoms with Crippen molar-refractivity contribution >= 4 is 5.91 Å². The molecule has 6 heteroatoms. The van der Waals surface area contributed by atoms with Gasteiger partial charge in [0.1, 0.15) is 5.69 Å². The molecule has 0 radical (unpaired) electrons. The normalized spacial score (nSPS) is 23.6. The van der Waals surface area contributed by atoms with Crippen LogP contribution in [0.15, 0.2) is 16.9 Å². The third-order valence-electron chi connectivity index (χ3n) is 3.29. The van der Waals surface area contributed by atoms with E-state index in [4.69, 9.17) is 5.11 Å². The SMILES string of the molecule is O=C(NC1CCCC(CO)C1)c1ccc(=O)[nH]n1. The minimum absolute atomic E-state index is 0.0807. The number of carbonyl (C=O) groups is 1. The van der Waals surface area contributed by atoms with Gasteiger partial charge in [-0.1, -0.05) is 6.42 Å². The molecule has 1 aromatic heterocycles. The summed E-state index contributed by atoms with van der Waals surface area (Å²) in [6, 6.07) is 2.76. The van der Waals surface area contributed by atoms with E-state index in [1.54, 1.807) is 0 Å². The Labute approximate surface area is 104 Å². The van der Waals surface area contributed by atoms with E-state index in [0.717, 1.165) is 25.7 Å². The first-order valence-electron chi connectivity index (χ1n) is 6.16. The van der Waals surface area contributed by atoms with Crippen molar-refractivity contribution in [1.82, 2.24) is 15.5 Å². The van der Waals surface area contributed by atoms with Crippen LogP contribution in [0, 0.1) is 5.92 Å². The fourth-order valence-corrected chi connectivity index (χ4v) is 2.32. The molecule has 0 aromatic carbocycles. The van der Waals surface area contributed by atoms with Gasteiger partial charge >= 0.3 is 0 Å². The zero-order valence-corrected chi connectivity index (χ0v) is 10.1. The first kappa shape index (κ1) is 12.8. The van der Waals surface area contributed by atoms with Gasteiger partial charge in [0.05, 0.1) is 0 Å². The first-order valence-corrected chi connectivity index (χ1v) is 6.16. The van der Waals surface area contributed by atoms with Crippen LogP contribution in [0.1, 0.15) is 36.2 Å². The molecule has 98 valence electrons. The molecule has 1 heterocycles. The summed E-state index contributed by atoms with van der Waals surface area (Å²) >= 11 is 0. The zero-order valence-electron chi connectivity index (χ0n) is 10.1. The van der Waals surface area contributed by atoms with E-state index in [-0.39, 0.29) is 35.7 Å². The number of nitrogens with zero attached hydrogens (tertiary/aromatic N) is 1. The van der Waals surface area contributed by atoms with Crippen molar-refractivity contribution in [3.63, 3.8) is 0 Å². The molecule has 3 N–H and O–H groups in total. The van der Waals surface area contributed by atoms with Crippen molar-refractivity contribution in [2.24, 2.45) is 5.92 Å². The van der Waals surface area contributed by atoms with Crippen LogP contribution in [-0.4, -0.2) is 33.9 Å². The number of aromatic nitrogens is 2. The number of aliphatic hydroxyl groups is 1. The van der Waals surface area contributed by atoms with Crippen molar-refractivity contribution in [1.29, 1.82) is 0 Å². The summed E-state index contributed by atoms with van der Waals surface area (Å²) in [5.74, 6) is -0.0116. The first-order chi connectivity index (χ1) is 8.69. The average Bonchev–Trinajstić information content (AvgIpc) is 2.39. The zero-order chi connectivity index (χ0) is 13.0. The molecule has 1 aliphatic carbocycles. The molecule has 18 heavy (non-hydrogen) atoms. The molecular formula is C12H17N3O3. The number of amides is 1. The van der Waals surface area contributed by atoms with Crippen LogP contribution in [0.25, 0.3) is 0 Å². The maximum atomic E-state index is 11.9. The smallest absolute Gasteiger partial charge is 0.271 e. The lowest BCUT2D eigenvalue weighted by atomic mass is 9.86. The highest BCUT2D eigenvalue weighted by Gasteiger charge is 2.23. The molecule has 1 aromatic rings. The predicted molar refractivity (Wildman–Crippen MR) is 65.2 cm³/mol. The van der Waals surface area contributed by atoms with Gasteiger partial charge < -0.3 is 10.4 Å². The van der Waals surface area contributed by atoms with E-state index < -0.39 is 0 Å². The number of nitrogens with one attached hydrogen (secondary N) is 2. The van der Waals surface area contributed by atoms with Gasteiger partial charge in [-0.25, -0.2) is 5.10 Å². The van der Waals surface area contributed by atoms with Crippen LogP contribution in [0.2, 0.25) is 0 Å². The molecule has 2 rings (SSSR count). The molecule has 2 atom stereocenters. The molecule has 1 fully saturated rings. The second-order valence-corrected chi connectivity index (χ2v) is 4.69. The summed E-state index contributed by atoms with van der Waals surface area (Å²) in [6.07, 6.45) is 3.74. The second-order valence-electron chi connectivity index (χ2n) is 4.69. The fourth-order valence-electron chi connectivity index (χ4n) is 2.32. The van der Waals surface area contributed by atoms with Gasteiger partial charge in [-0.2, -0.15) is 5.10 Å². The van der Waals surface area contributed by atoms with E-state index in [2.05, 4.69) is 15.5 Å². The van der Waals surface area contributed by atoms with Crippen molar-refractivity contribution in [2.45, 2.75) is 31.7 Å². The summed E-state index contributed by atoms with van der Waals surface area (Å²) in [5.41, 5.74) is -0.120. The number of H-pyrrole nitrogens is 1. The largest absolute Gasteiger partial charge is 0.396 e. The molecule has 0 aliphatic heterocycles. The average molecular weight is 251 g/mol. The number of aliphatic hydroxyl groups excluding tert-OH is 1. The molecular weight excluding hydrogens is 234 g/mol. The fraction of sp³-hybridized carbons (Fsp3) is 0.583. The Morgan fingerprint density at radius 1 is 1.50 bits per heavy atom. The van der Waals surface area contributed by atoms with Gasteiger partial charge in [0, 0.05) is 18.7 Å². The monoisotopic (exact) mass is 251 g/mol. The number of carbonyl (C=O) groups excluding carboxylic acids is 1. The van der Waals surface area contributed by atoms with Crippen LogP contribution in [0.3, 0.4) is 0 Å². The van der Waals surface area contributed by atoms with Crippen molar-refractivity contribution < 1.29 is 9.90 Å². The van der Waals surface area contributed by atoms with Crippen molar-refractivity contribution in [2.75, 3.05) is 6.61 Å². The number of aromatic amines is 1. The summed E-state index contributed by atoms with van der Waals surface area (Å²) in [4.78, 5) is 22.7. The highest BCUT2D eigenvalue weighted by Crippen LogP contribution is 2.23. The van der Waals surface area contributed by atoms with Crippen LogP contribution in [0.5, 0.6) is 0 Å². The van der Waals surface area contributed by atoms with E-state index in [1.807, 2.05) is 0 Å². The number of hydrogen-bond donors (Lipinski definition) is 3. The third-order valence-corrected chi connectivity index (χ3v) is 3.29. The maximum absolute atomic E-state index is 11.9. The summed E-state index contributed by atoms with van der Waals surface area (Å²) in [5, 5.41) is 17.9. The molecule has 1 amide bonds. The summed E-state index contributed by atoms with van der Waals surface area (Å²) in [6.45, 7) is 0.170. The molecule has 2 unspecified atom stereocenters. The lowest BCUT2D eigenvalue weighted by Crippen LogP contribution is -2.39. The van der Waals surface area contributed by atoms with E-state index in [1.165, 1.54) is 12.1 Å². The van der Waals surface area contributed by atoms with Crippen LogP contribution in [0.4, 0.5) is 0 Å². The van der Waals surface area contributed by atoms with Gasteiger partial charge in [0.15, 0.2) is 0 Å². The number of hydrogen-bond acceptors (Lipinski definition) is 4. The minimum Gasteiger partial charge on any atom is -0.396 e. The molecule has 0 spiro atoms. The van der Waals surface area contributed by atoms with Gasteiger partial charge in [-0.3, -0.25) is 9.59 Å². The van der Waals surface area contributed by atoms with Gasteiger partial charge in [0.2, 0.25) is 0 Å². The quantitative estimate of drug-likeness (QED) is 0.707. The Hall–Kier alpha value is -1.69. The Morgan fingerprint density at radius 2 is 2.33 bits per heavy atom. The van der Waals surface area contributed by atoms with E-state index in [9.17, 15) is 9.59 Å². The number of rotatable bonds is 3. The van der Waals surface area contributed by atoms with Gasteiger partial charge in [-0.05, 0) is 31.2 Å². The highest BCUT2D eigenvalue weighted by atomic mass is 16.3. The summed E-state index contributed by atoms with van der Waals surface area (Å²) in [7, 11) is 0. The Bertz CT molecular complexity index is 451. The van der Waals surface area contributed by atoms with E-state index >= 15 is 0 Å². The highest BCUT2D eigenvalue weighted by molar-refractivity contribution is 5.92. The minimum atomic E-state index is -0.329. The Morgan fingerprint density at radius 3 is 3.00 bits per heavy atom. The van der Waals surface area contributed by atoms with Crippen LogP contribution >= 0.6 is 0 Å².